The SMILES string of the molecule is CCOC(Nc1ccc(C(=O)C(Cl)Cl)cc1)C(=O)c1cc([N+](=O)[O-])ccc1Cl. The number of halogens is 3. The average Bonchev–Trinajstić information content (AvgIpc) is 2.67. The number of carbonyl (C=O) groups is 2. The predicted molar refractivity (Wildman–Crippen MR) is 108 cm³/mol. The zero-order chi connectivity index (χ0) is 20.8. The Balaban J connectivity index is 2.26. The lowest BCUT2D eigenvalue weighted by Gasteiger charge is -2.19. The van der Waals surface area contributed by atoms with Gasteiger partial charge in [-0.2, -0.15) is 0 Å². The number of ketones is 2. The number of hydrogen-bond donors (Lipinski definition) is 1. The Kier molecular flexibility index (Phi) is 7.77. The Morgan fingerprint density at radius 1 is 1.14 bits per heavy atom. The number of benzene rings is 2. The number of ether oxygens (including phenoxy) is 1. The number of alkyl halides is 2. The van der Waals surface area contributed by atoms with Gasteiger partial charge in [0.2, 0.25) is 5.78 Å². The van der Waals surface area contributed by atoms with Crippen molar-refractivity contribution < 1.29 is 19.2 Å². The average molecular weight is 446 g/mol. The molecule has 10 heteroatoms. The molecule has 1 unspecified atom stereocenters. The van der Waals surface area contributed by atoms with Crippen molar-refractivity contribution in [3.63, 3.8) is 0 Å². The lowest BCUT2D eigenvalue weighted by Crippen LogP contribution is -2.33. The first-order valence-electron chi connectivity index (χ1n) is 8.03. The van der Waals surface area contributed by atoms with E-state index in [0.29, 0.717) is 11.3 Å². The second kappa shape index (κ2) is 9.84. The molecule has 0 aromatic heterocycles. The Bertz CT molecular complexity index is 887. The van der Waals surface area contributed by atoms with Gasteiger partial charge in [0.15, 0.2) is 16.8 Å². The van der Waals surface area contributed by atoms with Crippen LogP contribution >= 0.6 is 34.8 Å². The Morgan fingerprint density at radius 2 is 1.79 bits per heavy atom. The van der Waals surface area contributed by atoms with Crippen molar-refractivity contribution in [1.29, 1.82) is 0 Å². The third-order valence-electron chi connectivity index (χ3n) is 3.66. The number of rotatable bonds is 9. The Morgan fingerprint density at radius 3 is 2.32 bits per heavy atom. The van der Waals surface area contributed by atoms with Gasteiger partial charge in [-0.05, 0) is 37.3 Å². The van der Waals surface area contributed by atoms with Crippen LogP contribution in [0, 0.1) is 10.1 Å². The molecule has 2 aromatic carbocycles. The number of carbonyl (C=O) groups excluding carboxylic acids is 2. The number of nitro benzene ring substituents is 1. The maximum absolute atomic E-state index is 12.8. The maximum atomic E-state index is 12.8. The fraction of sp³-hybridized carbons (Fsp3) is 0.222. The molecule has 1 atom stereocenters. The van der Waals surface area contributed by atoms with E-state index < -0.39 is 27.6 Å². The van der Waals surface area contributed by atoms with Gasteiger partial charge in [-0.1, -0.05) is 34.8 Å². The highest BCUT2D eigenvalue weighted by atomic mass is 35.5. The van der Waals surface area contributed by atoms with E-state index in [4.69, 9.17) is 39.5 Å². The van der Waals surface area contributed by atoms with Crippen LogP contribution in [0.3, 0.4) is 0 Å². The first kappa shape index (κ1) is 22.1. The maximum Gasteiger partial charge on any atom is 0.270 e. The molecule has 0 amide bonds. The lowest BCUT2D eigenvalue weighted by molar-refractivity contribution is -0.384. The van der Waals surface area contributed by atoms with Crippen molar-refractivity contribution in [3.05, 3.63) is 68.7 Å². The number of anilines is 1. The largest absolute Gasteiger partial charge is 0.354 e. The standard InChI is InChI=1S/C18H15Cl3N2O5/c1-2-28-18(16(25)13-9-12(23(26)27)7-8-14(13)19)22-11-5-3-10(4-6-11)15(24)17(20)21/h3-9,17-18,22H,2H2,1H3. The summed E-state index contributed by atoms with van der Waals surface area (Å²) in [5.41, 5.74) is 0.482. The zero-order valence-electron chi connectivity index (χ0n) is 14.5. The molecule has 28 heavy (non-hydrogen) atoms. The summed E-state index contributed by atoms with van der Waals surface area (Å²) in [7, 11) is 0. The zero-order valence-corrected chi connectivity index (χ0v) is 16.8. The van der Waals surface area contributed by atoms with Crippen LogP contribution in [0.2, 0.25) is 5.02 Å². The van der Waals surface area contributed by atoms with E-state index in [1.165, 1.54) is 24.3 Å². The second-order valence-corrected chi connectivity index (χ2v) is 7.01. The van der Waals surface area contributed by atoms with Gasteiger partial charge in [-0.25, -0.2) is 0 Å². The van der Waals surface area contributed by atoms with Gasteiger partial charge in [0.05, 0.1) is 9.95 Å². The van der Waals surface area contributed by atoms with E-state index in [1.54, 1.807) is 19.1 Å². The molecule has 0 radical (unpaired) electrons. The molecule has 0 fully saturated rings. The Hall–Kier alpha value is -2.19. The van der Waals surface area contributed by atoms with Crippen LogP contribution in [-0.2, 0) is 4.74 Å². The lowest BCUT2D eigenvalue weighted by atomic mass is 10.1. The molecule has 0 aliphatic rings. The molecule has 0 aliphatic carbocycles. The summed E-state index contributed by atoms with van der Waals surface area (Å²) in [6.45, 7) is 1.90. The van der Waals surface area contributed by atoms with Crippen LogP contribution in [-0.4, -0.2) is 34.2 Å². The van der Waals surface area contributed by atoms with Gasteiger partial charge in [0.1, 0.15) is 0 Å². The molecule has 0 saturated carbocycles. The topological polar surface area (TPSA) is 98.5 Å². The van der Waals surface area contributed by atoms with Gasteiger partial charge in [-0.15, -0.1) is 0 Å². The third-order valence-corrected chi connectivity index (χ3v) is 4.39. The first-order valence-corrected chi connectivity index (χ1v) is 9.28. The first-order chi connectivity index (χ1) is 13.2. The smallest absolute Gasteiger partial charge is 0.270 e. The van der Waals surface area contributed by atoms with E-state index >= 15 is 0 Å². The van der Waals surface area contributed by atoms with Crippen LogP contribution in [0.1, 0.15) is 27.6 Å². The monoisotopic (exact) mass is 444 g/mol. The third kappa shape index (κ3) is 5.42. The van der Waals surface area contributed by atoms with Crippen LogP contribution < -0.4 is 5.32 Å². The summed E-state index contributed by atoms with van der Waals surface area (Å²) in [5.74, 6) is -1.02. The summed E-state index contributed by atoms with van der Waals surface area (Å²) in [6, 6.07) is 9.69. The van der Waals surface area contributed by atoms with Crippen LogP contribution in [0.5, 0.6) is 0 Å². The van der Waals surface area contributed by atoms with Crippen molar-refractivity contribution >= 4 is 57.7 Å². The summed E-state index contributed by atoms with van der Waals surface area (Å²) in [4.78, 5) is 33.8. The molecule has 0 heterocycles. The normalized spacial score (nSPS) is 11.9. The summed E-state index contributed by atoms with van der Waals surface area (Å²) in [6.07, 6.45) is -1.14. The minimum Gasteiger partial charge on any atom is -0.354 e. The van der Waals surface area contributed by atoms with Crippen LogP contribution in [0.4, 0.5) is 11.4 Å². The van der Waals surface area contributed by atoms with E-state index in [1.807, 2.05) is 0 Å². The molecular weight excluding hydrogens is 431 g/mol. The predicted octanol–water partition coefficient (Wildman–Crippen LogP) is 4.89. The molecule has 2 aromatic rings. The number of non-ortho nitro benzene ring substituents is 1. The number of Topliss-reactive ketones (excluding diaryl/α,β-unsaturated/α-hetero) is 2. The van der Waals surface area contributed by atoms with Gasteiger partial charge in [-0.3, -0.25) is 19.7 Å². The highest BCUT2D eigenvalue weighted by Crippen LogP contribution is 2.25. The van der Waals surface area contributed by atoms with Gasteiger partial charge in [0, 0.05) is 35.6 Å². The molecule has 7 nitrogen and oxygen atoms in total. The molecule has 0 spiro atoms. The summed E-state index contributed by atoms with van der Waals surface area (Å²) in [5, 5.41) is 13.9. The fourth-order valence-corrected chi connectivity index (χ4v) is 2.78. The number of nitrogens with zero attached hydrogens (tertiary/aromatic N) is 1. The van der Waals surface area contributed by atoms with Crippen molar-refractivity contribution in [1.82, 2.24) is 0 Å². The second-order valence-electron chi connectivity index (χ2n) is 5.51. The van der Waals surface area contributed by atoms with Gasteiger partial charge >= 0.3 is 0 Å². The van der Waals surface area contributed by atoms with E-state index in [-0.39, 0.29) is 22.9 Å². The highest BCUT2D eigenvalue weighted by Gasteiger charge is 2.25. The molecular formula is C18H15Cl3N2O5. The molecule has 1 N–H and O–H groups in total. The van der Waals surface area contributed by atoms with Crippen molar-refractivity contribution in [2.24, 2.45) is 0 Å². The van der Waals surface area contributed by atoms with E-state index in [2.05, 4.69) is 5.32 Å². The molecule has 0 aliphatic heterocycles. The summed E-state index contributed by atoms with van der Waals surface area (Å²) >= 11 is 17.2. The van der Waals surface area contributed by atoms with Crippen LogP contribution in [0.15, 0.2) is 42.5 Å². The van der Waals surface area contributed by atoms with Gasteiger partial charge < -0.3 is 10.1 Å². The Labute approximate surface area is 175 Å². The van der Waals surface area contributed by atoms with E-state index in [9.17, 15) is 19.7 Å². The molecule has 0 bridgehead atoms. The van der Waals surface area contributed by atoms with Crippen molar-refractivity contribution in [2.75, 3.05) is 11.9 Å². The number of nitrogens with one attached hydrogen (secondary N) is 1. The van der Waals surface area contributed by atoms with Crippen molar-refractivity contribution in [2.45, 2.75) is 18.0 Å². The minimum absolute atomic E-state index is 0.0410. The van der Waals surface area contributed by atoms with Crippen LogP contribution in [0.25, 0.3) is 0 Å². The number of hydrogen-bond acceptors (Lipinski definition) is 6. The quantitative estimate of drug-likeness (QED) is 0.194. The highest BCUT2D eigenvalue weighted by molar-refractivity contribution is 6.55. The molecule has 0 saturated heterocycles. The number of nitro groups is 1. The summed E-state index contributed by atoms with van der Waals surface area (Å²) < 4.78 is 5.44. The fourth-order valence-electron chi connectivity index (χ4n) is 2.31. The van der Waals surface area contributed by atoms with Gasteiger partial charge in [0.25, 0.3) is 5.69 Å². The molecule has 2 rings (SSSR count). The van der Waals surface area contributed by atoms with E-state index in [0.717, 1.165) is 6.07 Å². The minimum atomic E-state index is -1.17. The van der Waals surface area contributed by atoms with Crippen molar-refractivity contribution in [3.8, 4) is 0 Å². The molecule has 148 valence electrons.